The molecule has 6 nitrogen and oxygen atoms in total. The lowest BCUT2D eigenvalue weighted by Gasteiger charge is -2.26. The van der Waals surface area contributed by atoms with Gasteiger partial charge in [-0.1, -0.05) is 44.2 Å². The van der Waals surface area contributed by atoms with Crippen molar-refractivity contribution in [3.05, 3.63) is 65.9 Å². The third-order valence-electron chi connectivity index (χ3n) is 4.94. The highest BCUT2D eigenvalue weighted by molar-refractivity contribution is 5.47. The number of ether oxygens (including phenoxy) is 2. The molecule has 31 heavy (non-hydrogen) atoms. The zero-order valence-corrected chi connectivity index (χ0v) is 19.1. The predicted octanol–water partition coefficient (Wildman–Crippen LogP) is 4.82. The van der Waals surface area contributed by atoms with Crippen molar-refractivity contribution in [1.82, 2.24) is 14.7 Å². The van der Waals surface area contributed by atoms with Crippen LogP contribution in [-0.4, -0.2) is 46.1 Å². The van der Waals surface area contributed by atoms with Gasteiger partial charge < -0.3 is 14.6 Å². The van der Waals surface area contributed by atoms with E-state index in [1.54, 1.807) is 7.11 Å². The summed E-state index contributed by atoms with van der Waals surface area (Å²) in [5.41, 5.74) is 2.82. The Morgan fingerprint density at radius 3 is 2.23 bits per heavy atom. The molecule has 0 saturated heterocycles. The van der Waals surface area contributed by atoms with Crippen LogP contribution in [0.2, 0.25) is 0 Å². The zero-order chi connectivity index (χ0) is 22.4. The van der Waals surface area contributed by atoms with Crippen molar-refractivity contribution in [2.75, 3.05) is 20.2 Å². The molecule has 3 rings (SSSR count). The molecule has 3 aromatic rings. The van der Waals surface area contributed by atoms with Crippen LogP contribution in [-0.2, 0) is 6.54 Å². The van der Waals surface area contributed by atoms with Gasteiger partial charge in [0, 0.05) is 19.6 Å². The molecule has 1 aromatic heterocycles. The monoisotopic (exact) mass is 423 g/mol. The van der Waals surface area contributed by atoms with Crippen molar-refractivity contribution in [3.8, 4) is 23.1 Å². The van der Waals surface area contributed by atoms with Gasteiger partial charge in [-0.3, -0.25) is 4.90 Å². The van der Waals surface area contributed by atoms with Crippen molar-refractivity contribution in [2.24, 2.45) is 5.92 Å². The second-order valence-electron chi connectivity index (χ2n) is 8.31. The first kappa shape index (κ1) is 22.8. The van der Waals surface area contributed by atoms with Crippen molar-refractivity contribution >= 4 is 0 Å². The van der Waals surface area contributed by atoms with E-state index in [0.29, 0.717) is 36.4 Å². The maximum absolute atomic E-state index is 10.0. The molecule has 0 amide bonds. The number of hydrogen-bond acceptors (Lipinski definition) is 5. The average Bonchev–Trinajstić information content (AvgIpc) is 3.03. The highest BCUT2D eigenvalue weighted by Crippen LogP contribution is 2.36. The molecule has 0 radical (unpaired) electrons. The Morgan fingerprint density at radius 1 is 0.968 bits per heavy atom. The molecule has 6 heteroatoms. The lowest BCUT2D eigenvalue weighted by atomic mass is 10.1. The van der Waals surface area contributed by atoms with E-state index >= 15 is 0 Å². The highest BCUT2D eigenvalue weighted by Gasteiger charge is 2.23. The van der Waals surface area contributed by atoms with E-state index in [9.17, 15) is 5.11 Å². The van der Waals surface area contributed by atoms with Crippen molar-refractivity contribution in [3.63, 3.8) is 0 Å². The van der Waals surface area contributed by atoms with E-state index < -0.39 is 6.10 Å². The van der Waals surface area contributed by atoms with E-state index in [4.69, 9.17) is 14.6 Å². The van der Waals surface area contributed by atoms with E-state index in [1.807, 2.05) is 73.1 Å². The Hall–Kier alpha value is -2.83. The van der Waals surface area contributed by atoms with Crippen LogP contribution in [0, 0.1) is 12.8 Å². The Kier molecular flexibility index (Phi) is 7.71. The number of rotatable bonds is 10. The van der Waals surface area contributed by atoms with Crippen molar-refractivity contribution in [2.45, 2.75) is 40.3 Å². The fourth-order valence-corrected chi connectivity index (χ4v) is 3.69. The summed E-state index contributed by atoms with van der Waals surface area (Å²) >= 11 is 0. The Balaban J connectivity index is 2.06. The average molecular weight is 424 g/mol. The maximum Gasteiger partial charge on any atom is 0.227 e. The molecule has 0 aliphatic heterocycles. The van der Waals surface area contributed by atoms with Crippen LogP contribution in [0.1, 0.15) is 32.0 Å². The van der Waals surface area contributed by atoms with Gasteiger partial charge in [0.2, 0.25) is 5.88 Å². The summed E-state index contributed by atoms with van der Waals surface area (Å²) in [7, 11) is 1.63. The number of nitrogens with zero attached hydrogens (tertiary/aromatic N) is 3. The summed E-state index contributed by atoms with van der Waals surface area (Å²) in [4.78, 5) is 2.25. The fraction of sp³-hybridized carbons (Fsp3) is 0.400. The first-order chi connectivity index (χ1) is 14.9. The molecular formula is C25H33N3O3. The van der Waals surface area contributed by atoms with Gasteiger partial charge in [0.15, 0.2) is 11.5 Å². The second kappa shape index (κ2) is 10.5. The first-order valence-electron chi connectivity index (χ1n) is 10.7. The Morgan fingerprint density at radius 2 is 1.61 bits per heavy atom. The molecule has 1 atom stereocenters. The van der Waals surface area contributed by atoms with E-state index in [0.717, 1.165) is 23.5 Å². The SMILES string of the molecule is COc1ccccc1Oc1c(CN(CC(C)C)C[C@@H](C)O)c(C)nn1-c1ccccc1. The first-order valence-corrected chi connectivity index (χ1v) is 10.7. The number of aliphatic hydroxyl groups excluding tert-OH is 1. The van der Waals surface area contributed by atoms with Gasteiger partial charge in [-0.25, -0.2) is 4.68 Å². The molecule has 0 unspecified atom stereocenters. The number of aliphatic hydroxyl groups is 1. The second-order valence-corrected chi connectivity index (χ2v) is 8.31. The Labute approximate surface area is 185 Å². The van der Waals surface area contributed by atoms with Gasteiger partial charge in [0.25, 0.3) is 0 Å². The van der Waals surface area contributed by atoms with Gasteiger partial charge in [-0.05, 0) is 44.0 Å². The summed E-state index contributed by atoms with van der Waals surface area (Å²) < 4.78 is 13.8. The number of aromatic nitrogens is 2. The third-order valence-corrected chi connectivity index (χ3v) is 4.94. The highest BCUT2D eigenvalue weighted by atomic mass is 16.5. The van der Waals surface area contributed by atoms with Crippen LogP contribution in [0.3, 0.4) is 0 Å². The van der Waals surface area contributed by atoms with Crippen LogP contribution in [0.15, 0.2) is 54.6 Å². The predicted molar refractivity (Wildman–Crippen MR) is 123 cm³/mol. The number of methoxy groups -OCH3 is 1. The normalized spacial score (nSPS) is 12.4. The smallest absolute Gasteiger partial charge is 0.227 e. The molecule has 166 valence electrons. The molecule has 0 aliphatic carbocycles. The van der Waals surface area contributed by atoms with Crippen molar-refractivity contribution in [1.29, 1.82) is 0 Å². The van der Waals surface area contributed by atoms with Crippen LogP contribution < -0.4 is 9.47 Å². The summed E-state index contributed by atoms with van der Waals surface area (Å²) in [5.74, 6) is 2.43. The number of benzene rings is 2. The Bertz CT molecular complexity index is 957. The molecule has 0 spiro atoms. The topological polar surface area (TPSA) is 59.8 Å². The number of para-hydroxylation sites is 3. The molecule has 2 aromatic carbocycles. The van der Waals surface area contributed by atoms with Crippen LogP contribution in [0.25, 0.3) is 5.69 Å². The maximum atomic E-state index is 10.0. The van der Waals surface area contributed by atoms with Gasteiger partial charge >= 0.3 is 0 Å². The fourth-order valence-electron chi connectivity index (χ4n) is 3.69. The van der Waals surface area contributed by atoms with Gasteiger partial charge in [-0.15, -0.1) is 0 Å². The molecule has 0 bridgehead atoms. The summed E-state index contributed by atoms with van der Waals surface area (Å²) in [6.45, 7) is 10.3. The van der Waals surface area contributed by atoms with Gasteiger partial charge in [-0.2, -0.15) is 5.10 Å². The number of aryl methyl sites for hydroxylation is 1. The lowest BCUT2D eigenvalue weighted by molar-refractivity contribution is 0.114. The van der Waals surface area contributed by atoms with Crippen LogP contribution in [0.4, 0.5) is 0 Å². The third kappa shape index (κ3) is 5.87. The molecular weight excluding hydrogens is 390 g/mol. The van der Waals surface area contributed by atoms with Crippen molar-refractivity contribution < 1.29 is 14.6 Å². The lowest BCUT2D eigenvalue weighted by Crippen LogP contribution is -2.33. The van der Waals surface area contributed by atoms with E-state index in [-0.39, 0.29) is 0 Å². The summed E-state index contributed by atoms with van der Waals surface area (Å²) in [6, 6.07) is 17.6. The largest absolute Gasteiger partial charge is 0.493 e. The molecule has 1 heterocycles. The standard InChI is InChI=1S/C25H33N3O3/c1-18(2)15-27(16-19(3)29)17-22-20(4)26-28(21-11-7-6-8-12-21)25(22)31-24-14-10-9-13-23(24)30-5/h6-14,18-19,29H,15-17H2,1-5H3/t19-/m1/s1. The number of hydrogen-bond donors (Lipinski definition) is 1. The minimum Gasteiger partial charge on any atom is -0.493 e. The molecule has 1 N–H and O–H groups in total. The molecule has 0 aliphatic rings. The summed E-state index contributed by atoms with van der Waals surface area (Å²) in [5, 5.41) is 14.8. The zero-order valence-electron chi connectivity index (χ0n) is 19.1. The minimum absolute atomic E-state index is 0.415. The van der Waals surface area contributed by atoms with E-state index in [2.05, 4.69) is 18.7 Å². The molecule has 0 saturated carbocycles. The van der Waals surface area contributed by atoms with Crippen LogP contribution in [0.5, 0.6) is 17.4 Å². The van der Waals surface area contributed by atoms with Gasteiger partial charge in [0.05, 0.1) is 30.2 Å². The molecule has 0 fully saturated rings. The van der Waals surface area contributed by atoms with Gasteiger partial charge in [0.1, 0.15) is 0 Å². The quantitative estimate of drug-likeness (QED) is 0.507. The minimum atomic E-state index is -0.415. The summed E-state index contributed by atoms with van der Waals surface area (Å²) in [6.07, 6.45) is -0.415. The van der Waals surface area contributed by atoms with E-state index in [1.165, 1.54) is 0 Å². The van der Waals surface area contributed by atoms with Crippen LogP contribution >= 0.6 is 0 Å².